The molecule has 12 nitrogen and oxygen atoms in total. The number of aliphatic hydroxyl groups is 1. The van der Waals surface area contributed by atoms with Crippen molar-refractivity contribution in [3.8, 4) is 16.9 Å². The molecule has 16 heteroatoms. The summed E-state index contributed by atoms with van der Waals surface area (Å²) in [6.45, 7) is 2.88. The number of carbonyl (C=O) groups excluding carboxylic acids is 2. The summed E-state index contributed by atoms with van der Waals surface area (Å²) < 4.78 is 50.4. The van der Waals surface area contributed by atoms with Crippen LogP contribution in [0.4, 0.5) is 18.9 Å². The Morgan fingerprint density at radius 1 is 1.14 bits per heavy atom. The molecule has 2 aliphatic rings. The molecule has 5 aromatic rings. The minimum absolute atomic E-state index is 0.0346. The molecule has 4 aromatic heterocycles. The fourth-order valence-corrected chi connectivity index (χ4v) is 6.10. The lowest BCUT2D eigenvalue weighted by Crippen LogP contribution is -2.50. The number of nitrogens with zero attached hydrogens (tertiary/aromatic N) is 7. The predicted octanol–water partition coefficient (Wildman–Crippen LogP) is 5.31. The van der Waals surface area contributed by atoms with Crippen molar-refractivity contribution in [2.45, 2.75) is 57.9 Å². The van der Waals surface area contributed by atoms with Gasteiger partial charge in [0, 0.05) is 11.8 Å². The van der Waals surface area contributed by atoms with Gasteiger partial charge in [-0.15, -0.1) is 0 Å². The van der Waals surface area contributed by atoms with Crippen molar-refractivity contribution >= 4 is 40.1 Å². The normalized spacial score (nSPS) is 16.7. The van der Waals surface area contributed by atoms with Gasteiger partial charge < -0.3 is 15.6 Å². The number of amides is 2. The SMILES string of the molecule is C[C@H](O)c1nn([C@@H](C)c2ncc(F)cn2)c2nc(CC3CC3)c(C(N)=O)c(-c3ccc4c(c3)OC(F)(F)C(=O)N4Cc3ccc(Cl)cn3)c12. The number of halogens is 4. The Kier molecular flexibility index (Phi) is 7.98. The Hall–Kier alpha value is -5.15. The van der Waals surface area contributed by atoms with E-state index in [1.54, 1.807) is 13.0 Å². The molecule has 0 unspecified atom stereocenters. The summed E-state index contributed by atoms with van der Waals surface area (Å²) in [5.74, 6) is -2.94. The predicted molar refractivity (Wildman–Crippen MR) is 170 cm³/mol. The van der Waals surface area contributed by atoms with E-state index in [1.165, 1.54) is 42.1 Å². The standard InChI is InChI=1S/C33H28ClF3N8O4/c1-15(30-40-12-20(35)13-41-30)45-31-27(28(43-45)16(2)46)25(26(29(38)47)22(42-31)9-17-3-4-17)18-5-8-23-24(10-18)49-33(36,37)32(48)44(23)14-21-7-6-19(34)11-39-21/h5-8,10-13,15-17,46H,3-4,9,14H2,1-2H3,(H2,38,47)/t15-,16-/m0/s1. The molecule has 1 aromatic carbocycles. The average molecular weight is 693 g/mol. The van der Waals surface area contributed by atoms with Gasteiger partial charge in [0.15, 0.2) is 23.0 Å². The van der Waals surface area contributed by atoms with Gasteiger partial charge >= 0.3 is 12.0 Å². The lowest BCUT2D eigenvalue weighted by molar-refractivity contribution is -0.193. The Morgan fingerprint density at radius 3 is 2.51 bits per heavy atom. The van der Waals surface area contributed by atoms with Gasteiger partial charge in [-0.1, -0.05) is 17.7 Å². The lowest BCUT2D eigenvalue weighted by Gasteiger charge is -2.33. The minimum atomic E-state index is -4.23. The van der Waals surface area contributed by atoms with E-state index in [4.69, 9.17) is 27.1 Å². The number of alkyl halides is 2. The number of nitrogens with two attached hydrogens (primary N) is 1. The smallest absolute Gasteiger partial charge is 0.423 e. The summed E-state index contributed by atoms with van der Waals surface area (Å²) >= 11 is 5.93. The van der Waals surface area contributed by atoms with E-state index in [-0.39, 0.29) is 63.1 Å². The maximum Gasteiger partial charge on any atom is 0.482 e. The van der Waals surface area contributed by atoms with Crippen LogP contribution in [0.1, 0.15) is 72.1 Å². The molecule has 1 aliphatic carbocycles. The number of hydrogen-bond acceptors (Lipinski definition) is 9. The number of ether oxygens (including phenoxy) is 1. The van der Waals surface area contributed by atoms with Crippen molar-refractivity contribution in [2.24, 2.45) is 11.7 Å². The van der Waals surface area contributed by atoms with Gasteiger partial charge in [0.1, 0.15) is 11.7 Å². The number of aliphatic hydroxyl groups excluding tert-OH is 1. The molecule has 49 heavy (non-hydrogen) atoms. The summed E-state index contributed by atoms with van der Waals surface area (Å²) in [6.07, 6.45) is 0.179. The van der Waals surface area contributed by atoms with Crippen LogP contribution in [0, 0.1) is 11.7 Å². The molecule has 3 N–H and O–H groups in total. The fourth-order valence-electron chi connectivity index (χ4n) is 5.99. The van der Waals surface area contributed by atoms with Gasteiger partial charge in [-0.25, -0.2) is 24.0 Å². The van der Waals surface area contributed by atoms with Crippen LogP contribution >= 0.6 is 11.6 Å². The molecular weight excluding hydrogens is 665 g/mol. The first kappa shape index (κ1) is 32.4. The average Bonchev–Trinajstić information content (AvgIpc) is 3.79. The molecular formula is C33H28ClF3N8O4. The molecule has 252 valence electrons. The third kappa shape index (κ3) is 5.93. The summed E-state index contributed by atoms with van der Waals surface area (Å²) in [5, 5.41) is 16.2. The number of hydrogen-bond donors (Lipinski definition) is 2. The van der Waals surface area contributed by atoms with Crippen LogP contribution in [0.5, 0.6) is 5.75 Å². The van der Waals surface area contributed by atoms with E-state index in [9.17, 15) is 19.1 Å². The first-order chi connectivity index (χ1) is 23.3. The minimum Gasteiger partial charge on any atom is -0.423 e. The van der Waals surface area contributed by atoms with Crippen molar-refractivity contribution < 1.29 is 32.6 Å². The highest BCUT2D eigenvalue weighted by atomic mass is 35.5. The van der Waals surface area contributed by atoms with Gasteiger partial charge in [-0.2, -0.15) is 13.9 Å². The quantitative estimate of drug-likeness (QED) is 0.209. The molecule has 7 rings (SSSR count). The van der Waals surface area contributed by atoms with Crippen molar-refractivity contribution in [3.63, 3.8) is 0 Å². The van der Waals surface area contributed by atoms with Crippen LogP contribution in [0.15, 0.2) is 48.9 Å². The highest BCUT2D eigenvalue weighted by Crippen LogP contribution is 2.46. The third-order valence-corrected chi connectivity index (χ3v) is 8.75. The zero-order chi connectivity index (χ0) is 34.8. The van der Waals surface area contributed by atoms with E-state index in [1.807, 2.05) is 0 Å². The van der Waals surface area contributed by atoms with Crippen molar-refractivity contribution in [2.75, 3.05) is 4.90 Å². The number of carbonyl (C=O) groups is 2. The summed E-state index contributed by atoms with van der Waals surface area (Å²) in [6, 6.07) is 6.58. The van der Waals surface area contributed by atoms with Crippen LogP contribution in [0.25, 0.3) is 22.2 Å². The van der Waals surface area contributed by atoms with Crippen LogP contribution in [-0.2, 0) is 17.8 Å². The summed E-state index contributed by atoms with van der Waals surface area (Å²) in [4.78, 5) is 44.2. The Bertz CT molecular complexity index is 2120. The molecule has 1 aliphatic heterocycles. The molecule has 0 bridgehead atoms. The first-order valence-electron chi connectivity index (χ1n) is 15.4. The summed E-state index contributed by atoms with van der Waals surface area (Å²) in [7, 11) is 0. The number of aromatic nitrogens is 6. The highest BCUT2D eigenvalue weighted by Gasteiger charge is 2.50. The summed E-state index contributed by atoms with van der Waals surface area (Å²) in [5.41, 5.74) is 7.51. The number of fused-ring (bicyclic) bond motifs is 2. The molecule has 0 saturated heterocycles. The van der Waals surface area contributed by atoms with E-state index in [0.717, 1.165) is 30.1 Å². The zero-order valence-electron chi connectivity index (χ0n) is 26.1. The van der Waals surface area contributed by atoms with Crippen molar-refractivity contribution in [1.29, 1.82) is 0 Å². The monoisotopic (exact) mass is 692 g/mol. The number of primary amides is 1. The largest absolute Gasteiger partial charge is 0.482 e. The molecule has 0 spiro atoms. The molecule has 5 heterocycles. The zero-order valence-corrected chi connectivity index (χ0v) is 26.8. The van der Waals surface area contributed by atoms with Crippen molar-refractivity contribution in [3.05, 3.63) is 88.2 Å². The van der Waals surface area contributed by atoms with E-state index < -0.39 is 35.9 Å². The molecule has 2 atom stereocenters. The molecule has 1 fully saturated rings. The number of pyridine rings is 2. The van der Waals surface area contributed by atoms with Crippen molar-refractivity contribution in [1.82, 2.24) is 29.7 Å². The number of anilines is 1. The van der Waals surface area contributed by atoms with Gasteiger partial charge in [-0.3, -0.25) is 19.5 Å². The first-order valence-corrected chi connectivity index (χ1v) is 15.7. The Labute approximate surface area is 281 Å². The topological polar surface area (TPSA) is 162 Å². The molecule has 1 saturated carbocycles. The van der Waals surface area contributed by atoms with E-state index in [0.29, 0.717) is 22.8 Å². The van der Waals surface area contributed by atoms with Gasteiger partial charge in [0.25, 0.3) is 5.91 Å². The van der Waals surface area contributed by atoms with Crippen LogP contribution in [-0.4, -0.2) is 52.7 Å². The lowest BCUT2D eigenvalue weighted by atomic mass is 9.91. The second-order valence-corrected chi connectivity index (χ2v) is 12.6. The molecule has 2 amide bonds. The molecule has 0 radical (unpaired) electrons. The maximum absolute atomic E-state index is 15.1. The van der Waals surface area contributed by atoms with E-state index >= 15 is 8.78 Å². The van der Waals surface area contributed by atoms with Gasteiger partial charge in [0.05, 0.1) is 58.1 Å². The Balaban J connectivity index is 1.46. The van der Waals surface area contributed by atoms with Gasteiger partial charge in [-0.05, 0) is 68.9 Å². The van der Waals surface area contributed by atoms with Crippen LogP contribution in [0.2, 0.25) is 5.02 Å². The maximum atomic E-state index is 15.1. The third-order valence-electron chi connectivity index (χ3n) is 8.52. The van der Waals surface area contributed by atoms with Gasteiger partial charge in [0.2, 0.25) is 0 Å². The van der Waals surface area contributed by atoms with E-state index in [2.05, 4.69) is 20.1 Å². The fraction of sp³-hybridized carbons (Fsp3) is 0.303. The second kappa shape index (κ2) is 12.1. The van der Waals surface area contributed by atoms with Crippen LogP contribution in [0.3, 0.4) is 0 Å². The Morgan fingerprint density at radius 2 is 1.88 bits per heavy atom. The highest BCUT2D eigenvalue weighted by molar-refractivity contribution is 6.30. The number of rotatable bonds is 9. The van der Waals surface area contributed by atoms with Crippen LogP contribution < -0.4 is 15.4 Å². The number of benzene rings is 1. The second-order valence-electron chi connectivity index (χ2n) is 12.1.